The van der Waals surface area contributed by atoms with Crippen molar-refractivity contribution in [2.75, 3.05) is 20.2 Å². The molecule has 1 rings (SSSR count). The normalized spacial score (nSPS) is 19.5. The molecule has 0 aliphatic heterocycles. The number of carbonyl (C=O) groups is 2. The van der Waals surface area contributed by atoms with Gasteiger partial charge in [-0.15, -0.1) is 0 Å². The van der Waals surface area contributed by atoms with Crippen molar-refractivity contribution in [1.82, 2.24) is 10.6 Å². The number of amides is 2. The quantitative estimate of drug-likeness (QED) is 0.681. The average molecular weight is 272 g/mol. The van der Waals surface area contributed by atoms with Gasteiger partial charge in [-0.3, -0.25) is 4.79 Å². The number of carboxylic acids is 1. The predicted octanol–water partition coefficient (Wildman–Crippen LogP) is 1.36. The Morgan fingerprint density at radius 2 is 1.89 bits per heavy atom. The molecule has 6 heteroatoms. The molecule has 0 aromatic heterocycles. The maximum atomic E-state index is 11.6. The van der Waals surface area contributed by atoms with Crippen LogP contribution in [0.2, 0.25) is 0 Å². The minimum Gasteiger partial charge on any atom is -0.481 e. The van der Waals surface area contributed by atoms with Gasteiger partial charge in [-0.25, -0.2) is 4.79 Å². The van der Waals surface area contributed by atoms with Crippen LogP contribution >= 0.6 is 0 Å². The van der Waals surface area contributed by atoms with E-state index in [4.69, 9.17) is 4.74 Å². The van der Waals surface area contributed by atoms with Crippen LogP contribution in [0.3, 0.4) is 0 Å². The summed E-state index contributed by atoms with van der Waals surface area (Å²) in [6.45, 7) is 2.44. The smallest absolute Gasteiger partial charge is 0.314 e. The van der Waals surface area contributed by atoms with Gasteiger partial charge in [0.2, 0.25) is 0 Å². The Balaban J connectivity index is 2.39. The highest BCUT2D eigenvalue weighted by atomic mass is 16.5. The summed E-state index contributed by atoms with van der Waals surface area (Å²) >= 11 is 0. The Morgan fingerprint density at radius 3 is 2.42 bits per heavy atom. The monoisotopic (exact) mass is 272 g/mol. The fraction of sp³-hybridized carbons (Fsp3) is 0.846. The zero-order valence-corrected chi connectivity index (χ0v) is 11.7. The molecule has 0 heterocycles. The van der Waals surface area contributed by atoms with Crippen molar-refractivity contribution >= 4 is 12.0 Å². The second kappa shape index (κ2) is 7.33. The summed E-state index contributed by atoms with van der Waals surface area (Å²) in [6, 6.07) is -0.338. The molecule has 1 aliphatic rings. The van der Waals surface area contributed by atoms with Gasteiger partial charge in [-0.1, -0.05) is 19.3 Å². The number of hydrogen-bond donors (Lipinski definition) is 3. The molecule has 0 saturated heterocycles. The van der Waals surface area contributed by atoms with Gasteiger partial charge in [0.15, 0.2) is 0 Å². The van der Waals surface area contributed by atoms with Crippen LogP contribution in [0.15, 0.2) is 0 Å². The number of nitrogens with one attached hydrogen (secondary N) is 2. The van der Waals surface area contributed by atoms with E-state index in [0.29, 0.717) is 19.4 Å². The highest BCUT2D eigenvalue weighted by Gasteiger charge is 2.39. The molecule has 6 nitrogen and oxygen atoms in total. The van der Waals surface area contributed by atoms with Gasteiger partial charge in [0.05, 0.1) is 11.5 Å². The van der Waals surface area contributed by atoms with Crippen LogP contribution in [0.4, 0.5) is 4.79 Å². The molecule has 0 spiro atoms. The first-order valence-electron chi connectivity index (χ1n) is 6.78. The summed E-state index contributed by atoms with van der Waals surface area (Å²) in [6.07, 6.45) is 4.11. The van der Waals surface area contributed by atoms with Crippen LogP contribution in [-0.2, 0) is 9.53 Å². The highest BCUT2D eigenvalue weighted by Crippen LogP contribution is 2.35. The van der Waals surface area contributed by atoms with Crippen molar-refractivity contribution in [2.24, 2.45) is 5.41 Å². The van der Waals surface area contributed by atoms with Crippen LogP contribution < -0.4 is 10.6 Å². The largest absolute Gasteiger partial charge is 0.481 e. The summed E-state index contributed by atoms with van der Waals surface area (Å²) in [7, 11) is 1.58. The van der Waals surface area contributed by atoms with E-state index in [0.717, 1.165) is 19.3 Å². The fourth-order valence-electron chi connectivity index (χ4n) is 2.33. The van der Waals surface area contributed by atoms with Crippen molar-refractivity contribution in [3.05, 3.63) is 0 Å². The van der Waals surface area contributed by atoms with Crippen molar-refractivity contribution in [3.8, 4) is 0 Å². The van der Waals surface area contributed by atoms with E-state index in [9.17, 15) is 14.7 Å². The Kier molecular flexibility index (Phi) is 6.08. The number of carboxylic acid groups (broad SMARTS) is 1. The van der Waals surface area contributed by atoms with E-state index in [1.165, 1.54) is 0 Å². The lowest BCUT2D eigenvalue weighted by Gasteiger charge is -2.33. The Morgan fingerprint density at radius 1 is 1.26 bits per heavy atom. The molecule has 2 amide bonds. The third kappa shape index (κ3) is 4.70. The lowest BCUT2D eigenvalue weighted by molar-refractivity contribution is -0.150. The molecule has 0 bridgehead atoms. The number of ether oxygens (including phenoxy) is 1. The standard InChI is InChI=1S/C13H24N2O4/c1-10(19-2)8-14-12(18)15-9-13(11(16)17)6-4-3-5-7-13/h10H,3-9H2,1-2H3,(H,16,17)(H2,14,15,18). The lowest BCUT2D eigenvalue weighted by Crippen LogP contribution is -2.48. The van der Waals surface area contributed by atoms with Crippen LogP contribution in [0.1, 0.15) is 39.0 Å². The van der Waals surface area contributed by atoms with E-state index in [2.05, 4.69) is 10.6 Å². The number of hydrogen-bond acceptors (Lipinski definition) is 3. The Hall–Kier alpha value is -1.30. The summed E-state index contributed by atoms with van der Waals surface area (Å²) in [5.41, 5.74) is -0.789. The Bertz CT molecular complexity index is 314. The van der Waals surface area contributed by atoms with E-state index in [-0.39, 0.29) is 18.7 Å². The van der Waals surface area contributed by atoms with Crippen molar-refractivity contribution in [1.29, 1.82) is 0 Å². The van der Waals surface area contributed by atoms with Crippen molar-refractivity contribution in [2.45, 2.75) is 45.1 Å². The molecule has 1 atom stereocenters. The molecular formula is C13H24N2O4. The molecule has 0 aromatic carbocycles. The van der Waals surface area contributed by atoms with Gasteiger partial charge in [-0.05, 0) is 19.8 Å². The topological polar surface area (TPSA) is 87.7 Å². The molecule has 1 saturated carbocycles. The zero-order chi connectivity index (χ0) is 14.3. The van der Waals surface area contributed by atoms with Crippen LogP contribution in [-0.4, -0.2) is 43.4 Å². The minimum absolute atomic E-state index is 0.0612. The number of methoxy groups -OCH3 is 1. The molecule has 1 unspecified atom stereocenters. The summed E-state index contributed by atoms with van der Waals surface area (Å²) < 4.78 is 5.02. The van der Waals surface area contributed by atoms with E-state index in [1.54, 1.807) is 7.11 Å². The predicted molar refractivity (Wildman–Crippen MR) is 71.0 cm³/mol. The zero-order valence-electron chi connectivity index (χ0n) is 11.7. The molecular weight excluding hydrogens is 248 g/mol. The van der Waals surface area contributed by atoms with E-state index < -0.39 is 11.4 Å². The summed E-state index contributed by atoms with van der Waals surface area (Å²) in [5.74, 6) is -0.808. The number of rotatable bonds is 6. The van der Waals surface area contributed by atoms with E-state index >= 15 is 0 Å². The van der Waals surface area contributed by atoms with Gasteiger partial charge in [-0.2, -0.15) is 0 Å². The van der Waals surface area contributed by atoms with E-state index in [1.807, 2.05) is 6.92 Å². The van der Waals surface area contributed by atoms with Crippen LogP contribution in [0.5, 0.6) is 0 Å². The first-order chi connectivity index (χ1) is 9.00. The Labute approximate surface area is 113 Å². The maximum Gasteiger partial charge on any atom is 0.314 e. The average Bonchev–Trinajstić information content (AvgIpc) is 2.43. The van der Waals surface area contributed by atoms with Gasteiger partial charge in [0, 0.05) is 20.2 Å². The first kappa shape index (κ1) is 15.8. The maximum absolute atomic E-state index is 11.6. The number of carbonyl (C=O) groups excluding carboxylic acids is 1. The van der Waals surface area contributed by atoms with Gasteiger partial charge in [0.25, 0.3) is 0 Å². The molecule has 19 heavy (non-hydrogen) atoms. The van der Waals surface area contributed by atoms with Crippen molar-refractivity contribution in [3.63, 3.8) is 0 Å². The number of aliphatic carboxylic acids is 1. The SMILES string of the molecule is COC(C)CNC(=O)NCC1(C(=O)O)CCCCC1. The molecule has 0 aromatic rings. The molecule has 1 aliphatic carbocycles. The minimum atomic E-state index is -0.808. The van der Waals surface area contributed by atoms with Gasteiger partial charge in [0.1, 0.15) is 0 Å². The summed E-state index contributed by atoms with van der Waals surface area (Å²) in [4.78, 5) is 23.0. The number of urea groups is 1. The molecule has 0 radical (unpaired) electrons. The third-order valence-corrected chi connectivity index (χ3v) is 3.80. The van der Waals surface area contributed by atoms with Gasteiger partial charge < -0.3 is 20.5 Å². The molecule has 1 fully saturated rings. The van der Waals surface area contributed by atoms with Gasteiger partial charge >= 0.3 is 12.0 Å². The first-order valence-corrected chi connectivity index (χ1v) is 6.78. The second-order valence-corrected chi connectivity index (χ2v) is 5.26. The second-order valence-electron chi connectivity index (χ2n) is 5.26. The van der Waals surface area contributed by atoms with Crippen LogP contribution in [0.25, 0.3) is 0 Å². The lowest BCUT2D eigenvalue weighted by atomic mass is 9.74. The van der Waals surface area contributed by atoms with Crippen LogP contribution in [0, 0.1) is 5.41 Å². The highest BCUT2D eigenvalue weighted by molar-refractivity contribution is 5.78. The molecule has 110 valence electrons. The fourth-order valence-corrected chi connectivity index (χ4v) is 2.33. The molecule has 3 N–H and O–H groups in total. The van der Waals surface area contributed by atoms with Crippen molar-refractivity contribution < 1.29 is 19.4 Å². The summed E-state index contributed by atoms with van der Waals surface area (Å²) in [5, 5.41) is 14.7. The third-order valence-electron chi connectivity index (χ3n) is 3.80.